The molecule has 1 aromatic rings. The van der Waals surface area contributed by atoms with Gasteiger partial charge in [0.1, 0.15) is 12.1 Å². The maximum absolute atomic E-state index is 12.0. The van der Waals surface area contributed by atoms with E-state index in [9.17, 15) is 14.7 Å². The number of hydrogen-bond acceptors (Lipinski definition) is 3. The summed E-state index contributed by atoms with van der Waals surface area (Å²) in [5, 5.41) is 12.2. The second-order valence-corrected chi connectivity index (χ2v) is 6.04. The van der Waals surface area contributed by atoms with Crippen molar-refractivity contribution in [2.24, 2.45) is 11.8 Å². The number of aliphatic carboxylic acids is 1. The summed E-state index contributed by atoms with van der Waals surface area (Å²) < 4.78 is 5.16. The van der Waals surface area contributed by atoms with E-state index in [-0.39, 0.29) is 12.5 Å². The third kappa shape index (κ3) is 2.60. The number of nitrogens with one attached hydrogen (secondary N) is 1. The van der Waals surface area contributed by atoms with Crippen LogP contribution >= 0.6 is 0 Å². The molecule has 21 heavy (non-hydrogen) atoms. The molecule has 1 aromatic carbocycles. The summed E-state index contributed by atoms with van der Waals surface area (Å²) >= 11 is 0. The van der Waals surface area contributed by atoms with Crippen molar-refractivity contribution < 1.29 is 19.4 Å². The van der Waals surface area contributed by atoms with Gasteiger partial charge in [0.15, 0.2) is 0 Å². The number of fused-ring (bicyclic) bond motifs is 2. The van der Waals surface area contributed by atoms with Crippen molar-refractivity contribution in [2.45, 2.75) is 37.8 Å². The van der Waals surface area contributed by atoms with Crippen molar-refractivity contribution in [1.82, 2.24) is 5.32 Å². The number of benzene rings is 1. The lowest BCUT2D eigenvalue weighted by Crippen LogP contribution is -2.58. The van der Waals surface area contributed by atoms with Crippen molar-refractivity contribution in [2.75, 3.05) is 0 Å². The van der Waals surface area contributed by atoms with E-state index < -0.39 is 17.6 Å². The number of rotatable bonds is 4. The van der Waals surface area contributed by atoms with Crippen molar-refractivity contribution in [1.29, 1.82) is 0 Å². The van der Waals surface area contributed by atoms with Crippen LogP contribution in [-0.2, 0) is 16.1 Å². The van der Waals surface area contributed by atoms with Gasteiger partial charge in [-0.05, 0) is 43.1 Å². The van der Waals surface area contributed by atoms with Gasteiger partial charge in [-0.15, -0.1) is 0 Å². The Morgan fingerprint density at radius 3 is 2.62 bits per heavy atom. The Labute approximate surface area is 123 Å². The molecule has 3 unspecified atom stereocenters. The maximum Gasteiger partial charge on any atom is 0.408 e. The van der Waals surface area contributed by atoms with Gasteiger partial charge in [0.2, 0.25) is 0 Å². The Morgan fingerprint density at radius 1 is 1.29 bits per heavy atom. The number of carbonyl (C=O) groups is 2. The van der Waals surface area contributed by atoms with Crippen LogP contribution in [0.25, 0.3) is 0 Å². The second kappa shape index (κ2) is 5.39. The molecule has 0 radical (unpaired) electrons. The normalized spacial score (nSPS) is 30.1. The molecule has 0 heterocycles. The molecule has 2 N–H and O–H groups in total. The van der Waals surface area contributed by atoms with Crippen LogP contribution in [0.4, 0.5) is 4.79 Å². The highest BCUT2D eigenvalue weighted by Crippen LogP contribution is 2.50. The summed E-state index contributed by atoms with van der Waals surface area (Å²) in [4.78, 5) is 23.6. The summed E-state index contributed by atoms with van der Waals surface area (Å²) in [7, 11) is 0. The lowest BCUT2D eigenvalue weighted by Gasteiger charge is -2.33. The van der Waals surface area contributed by atoms with E-state index in [1.54, 1.807) is 0 Å². The SMILES string of the molecule is O=C(NC1(C(=O)O)CC2CCC1C2)OCc1ccccc1. The fraction of sp³-hybridized carbons (Fsp3) is 0.500. The van der Waals surface area contributed by atoms with Crippen LogP contribution in [0.15, 0.2) is 30.3 Å². The standard InChI is InChI=1S/C16H19NO4/c18-14(19)16(9-12-6-7-13(16)8-12)17-15(20)21-10-11-4-2-1-3-5-11/h1-5,12-13H,6-10H2,(H,17,20)(H,18,19). The van der Waals surface area contributed by atoms with Gasteiger partial charge in [0.25, 0.3) is 0 Å². The third-order valence-electron chi connectivity index (χ3n) is 4.77. The molecule has 2 bridgehead atoms. The Kier molecular flexibility index (Phi) is 3.57. The van der Waals surface area contributed by atoms with E-state index in [0.717, 1.165) is 24.8 Å². The number of hydrogen-bond donors (Lipinski definition) is 2. The van der Waals surface area contributed by atoms with Crippen LogP contribution in [0.1, 0.15) is 31.2 Å². The molecule has 2 saturated carbocycles. The molecular weight excluding hydrogens is 270 g/mol. The average Bonchev–Trinajstić information content (AvgIpc) is 3.07. The molecule has 112 valence electrons. The minimum absolute atomic E-state index is 0.0317. The summed E-state index contributed by atoms with van der Waals surface area (Å²) in [5.41, 5.74) is -0.249. The molecule has 0 aliphatic heterocycles. The number of carboxylic acids is 1. The molecule has 1 amide bonds. The zero-order valence-electron chi connectivity index (χ0n) is 11.7. The highest BCUT2D eigenvalue weighted by Gasteiger charge is 2.57. The Morgan fingerprint density at radius 2 is 2.05 bits per heavy atom. The minimum Gasteiger partial charge on any atom is -0.479 e. The fourth-order valence-electron chi connectivity index (χ4n) is 3.74. The van der Waals surface area contributed by atoms with Crippen LogP contribution in [0.2, 0.25) is 0 Å². The molecule has 2 aliphatic carbocycles. The zero-order valence-corrected chi connectivity index (χ0v) is 11.7. The molecule has 0 saturated heterocycles. The van der Waals surface area contributed by atoms with Gasteiger partial charge in [-0.1, -0.05) is 30.3 Å². The first-order chi connectivity index (χ1) is 10.1. The predicted octanol–water partition coefficient (Wildman–Crippen LogP) is 2.56. The maximum atomic E-state index is 12.0. The summed E-state index contributed by atoms with van der Waals surface area (Å²) in [6.07, 6.45) is 2.71. The highest BCUT2D eigenvalue weighted by atomic mass is 16.5. The molecule has 0 spiro atoms. The summed E-state index contributed by atoms with van der Waals surface area (Å²) in [6, 6.07) is 9.34. The van der Waals surface area contributed by atoms with E-state index in [1.165, 1.54) is 0 Å². The van der Waals surface area contributed by atoms with Gasteiger partial charge in [-0.3, -0.25) is 0 Å². The lowest BCUT2D eigenvalue weighted by atomic mass is 9.81. The zero-order chi connectivity index (χ0) is 14.9. The summed E-state index contributed by atoms with van der Waals surface area (Å²) in [6.45, 7) is 0.149. The van der Waals surface area contributed by atoms with Crippen molar-refractivity contribution in [3.05, 3.63) is 35.9 Å². The fourth-order valence-corrected chi connectivity index (χ4v) is 3.74. The summed E-state index contributed by atoms with van der Waals surface area (Å²) in [5.74, 6) is -0.490. The van der Waals surface area contributed by atoms with E-state index in [1.807, 2.05) is 30.3 Å². The van der Waals surface area contributed by atoms with Gasteiger partial charge in [0, 0.05) is 0 Å². The largest absolute Gasteiger partial charge is 0.479 e. The smallest absolute Gasteiger partial charge is 0.408 e. The quantitative estimate of drug-likeness (QED) is 0.893. The van der Waals surface area contributed by atoms with Gasteiger partial charge in [0.05, 0.1) is 0 Å². The first-order valence-corrected chi connectivity index (χ1v) is 7.32. The minimum atomic E-state index is -1.13. The molecule has 0 aromatic heterocycles. The Balaban J connectivity index is 1.62. The molecule has 3 atom stereocenters. The van der Waals surface area contributed by atoms with Gasteiger partial charge in [-0.2, -0.15) is 0 Å². The first kappa shape index (κ1) is 13.9. The first-order valence-electron chi connectivity index (χ1n) is 7.32. The van der Waals surface area contributed by atoms with Crippen molar-refractivity contribution >= 4 is 12.1 Å². The molecular formula is C16H19NO4. The van der Waals surface area contributed by atoms with E-state index >= 15 is 0 Å². The lowest BCUT2D eigenvalue weighted by molar-refractivity contribution is -0.147. The van der Waals surface area contributed by atoms with Crippen LogP contribution in [0.5, 0.6) is 0 Å². The molecule has 5 heteroatoms. The van der Waals surface area contributed by atoms with Crippen molar-refractivity contribution in [3.63, 3.8) is 0 Å². The highest BCUT2D eigenvalue weighted by molar-refractivity contribution is 5.85. The second-order valence-electron chi connectivity index (χ2n) is 6.04. The van der Waals surface area contributed by atoms with Crippen LogP contribution in [0, 0.1) is 11.8 Å². The number of carbonyl (C=O) groups excluding carboxylic acids is 1. The number of alkyl carbamates (subject to hydrolysis) is 1. The van der Waals surface area contributed by atoms with E-state index in [4.69, 9.17) is 4.74 Å². The van der Waals surface area contributed by atoms with Crippen LogP contribution in [0.3, 0.4) is 0 Å². The topological polar surface area (TPSA) is 75.6 Å². The average molecular weight is 289 g/mol. The monoisotopic (exact) mass is 289 g/mol. The van der Waals surface area contributed by atoms with Crippen molar-refractivity contribution in [3.8, 4) is 0 Å². The van der Waals surface area contributed by atoms with Gasteiger partial charge >= 0.3 is 12.1 Å². The Bertz CT molecular complexity index is 544. The van der Waals surface area contributed by atoms with E-state index in [2.05, 4.69) is 5.32 Å². The van der Waals surface area contributed by atoms with Crippen LogP contribution in [-0.4, -0.2) is 22.7 Å². The predicted molar refractivity (Wildman–Crippen MR) is 75.6 cm³/mol. The van der Waals surface area contributed by atoms with Gasteiger partial charge < -0.3 is 15.2 Å². The molecule has 3 rings (SSSR count). The van der Waals surface area contributed by atoms with Crippen LogP contribution < -0.4 is 5.32 Å². The number of carboxylic acid groups (broad SMARTS) is 1. The number of ether oxygens (including phenoxy) is 1. The van der Waals surface area contributed by atoms with Gasteiger partial charge in [-0.25, -0.2) is 9.59 Å². The molecule has 2 fully saturated rings. The number of amides is 1. The third-order valence-corrected chi connectivity index (χ3v) is 4.77. The molecule has 5 nitrogen and oxygen atoms in total. The molecule has 2 aliphatic rings. The Hall–Kier alpha value is -2.04. The van der Waals surface area contributed by atoms with E-state index in [0.29, 0.717) is 12.3 Å².